The van der Waals surface area contributed by atoms with Gasteiger partial charge in [0.1, 0.15) is 19.3 Å². The van der Waals surface area contributed by atoms with Crippen molar-refractivity contribution in [1.29, 1.82) is 0 Å². The molecule has 172 valence electrons. The number of anilines is 1. The Labute approximate surface area is 201 Å². The van der Waals surface area contributed by atoms with Gasteiger partial charge in [-0.25, -0.2) is 0 Å². The van der Waals surface area contributed by atoms with Gasteiger partial charge in [-0.2, -0.15) is 0 Å². The van der Waals surface area contributed by atoms with Crippen LogP contribution in [0.25, 0.3) is 6.08 Å². The summed E-state index contributed by atoms with van der Waals surface area (Å²) >= 11 is 6.25. The van der Waals surface area contributed by atoms with Crippen molar-refractivity contribution in [1.82, 2.24) is 5.32 Å². The minimum Gasteiger partial charge on any atom is -0.486 e. The van der Waals surface area contributed by atoms with E-state index >= 15 is 0 Å². The quantitative estimate of drug-likeness (QED) is 0.562. The summed E-state index contributed by atoms with van der Waals surface area (Å²) < 4.78 is 17.4. The Morgan fingerprint density at radius 1 is 1.00 bits per heavy atom. The van der Waals surface area contributed by atoms with Crippen molar-refractivity contribution in [2.75, 3.05) is 24.6 Å². The largest absolute Gasteiger partial charge is 0.486 e. The molecule has 7 nitrogen and oxygen atoms in total. The number of hydrogen-bond donors (Lipinski definition) is 1. The average Bonchev–Trinajstić information content (AvgIpc) is 2.86. The standard InChI is InChI=1S/C26H21ClN2O5/c27-19-8-2-1-7-17(19)13-24-26(31)29(20-9-3-4-10-21(20)34-24)15-25(30)28-14-18-16-32-22-11-5-6-12-23(22)33-18/h1-13,18H,14-16H2,(H,28,30)/b24-13+/t18-/m0/s1. The van der Waals surface area contributed by atoms with E-state index in [2.05, 4.69) is 5.32 Å². The fraction of sp³-hybridized carbons (Fsp3) is 0.154. The highest BCUT2D eigenvalue weighted by Crippen LogP contribution is 2.36. The van der Waals surface area contributed by atoms with Crippen molar-refractivity contribution in [2.45, 2.75) is 6.10 Å². The number of amides is 2. The van der Waals surface area contributed by atoms with E-state index in [-0.39, 0.29) is 30.9 Å². The molecule has 2 aliphatic rings. The van der Waals surface area contributed by atoms with Gasteiger partial charge >= 0.3 is 0 Å². The summed E-state index contributed by atoms with van der Waals surface area (Å²) in [6.07, 6.45) is 1.25. The zero-order valence-electron chi connectivity index (χ0n) is 18.1. The first-order chi connectivity index (χ1) is 16.6. The number of hydrogen-bond acceptors (Lipinski definition) is 5. The van der Waals surface area contributed by atoms with E-state index in [1.165, 1.54) is 4.90 Å². The summed E-state index contributed by atoms with van der Waals surface area (Å²) in [6, 6.07) is 21.6. The van der Waals surface area contributed by atoms with Crippen LogP contribution in [0.1, 0.15) is 5.56 Å². The maximum atomic E-state index is 13.2. The molecule has 0 fully saturated rings. The fourth-order valence-corrected chi connectivity index (χ4v) is 3.93. The molecule has 2 heterocycles. The summed E-state index contributed by atoms with van der Waals surface area (Å²) in [4.78, 5) is 27.4. The second-order valence-corrected chi connectivity index (χ2v) is 8.20. The van der Waals surface area contributed by atoms with E-state index < -0.39 is 5.91 Å². The molecule has 5 rings (SSSR count). The Kier molecular flexibility index (Phi) is 6.10. The van der Waals surface area contributed by atoms with Gasteiger partial charge in [-0.1, -0.05) is 54.1 Å². The van der Waals surface area contributed by atoms with Crippen LogP contribution in [0.4, 0.5) is 5.69 Å². The highest BCUT2D eigenvalue weighted by atomic mass is 35.5. The zero-order chi connectivity index (χ0) is 23.5. The van der Waals surface area contributed by atoms with Crippen molar-refractivity contribution >= 4 is 35.2 Å². The molecule has 8 heteroatoms. The molecule has 0 saturated carbocycles. The molecule has 34 heavy (non-hydrogen) atoms. The molecule has 2 aliphatic heterocycles. The van der Waals surface area contributed by atoms with Gasteiger partial charge < -0.3 is 19.5 Å². The number of carbonyl (C=O) groups excluding carboxylic acids is 2. The number of nitrogens with zero attached hydrogens (tertiary/aromatic N) is 1. The molecule has 0 saturated heterocycles. The van der Waals surface area contributed by atoms with E-state index in [1.807, 2.05) is 30.3 Å². The highest BCUT2D eigenvalue weighted by Gasteiger charge is 2.32. The Morgan fingerprint density at radius 3 is 2.53 bits per heavy atom. The molecule has 3 aromatic carbocycles. The smallest absolute Gasteiger partial charge is 0.294 e. The maximum Gasteiger partial charge on any atom is 0.294 e. The monoisotopic (exact) mass is 476 g/mol. The first-order valence-electron chi connectivity index (χ1n) is 10.8. The summed E-state index contributed by atoms with van der Waals surface area (Å²) in [5.74, 6) is 1.12. The van der Waals surface area contributed by atoms with Gasteiger partial charge in [0.05, 0.1) is 12.2 Å². The van der Waals surface area contributed by atoms with Crippen LogP contribution in [0, 0.1) is 0 Å². The predicted molar refractivity (Wildman–Crippen MR) is 128 cm³/mol. The van der Waals surface area contributed by atoms with E-state index in [0.717, 1.165) is 0 Å². The molecule has 0 radical (unpaired) electrons. The molecule has 0 bridgehead atoms. The molecular weight excluding hydrogens is 456 g/mol. The van der Waals surface area contributed by atoms with Crippen LogP contribution in [-0.2, 0) is 9.59 Å². The van der Waals surface area contributed by atoms with E-state index in [1.54, 1.807) is 48.5 Å². The third-order valence-electron chi connectivity index (χ3n) is 5.42. The number of carbonyl (C=O) groups is 2. The lowest BCUT2D eigenvalue weighted by Crippen LogP contribution is -2.47. The van der Waals surface area contributed by atoms with Gasteiger partial charge in [-0.15, -0.1) is 0 Å². The van der Waals surface area contributed by atoms with Crippen molar-refractivity contribution in [3.05, 3.63) is 89.1 Å². The first kappa shape index (κ1) is 21.9. The van der Waals surface area contributed by atoms with Gasteiger partial charge in [-0.3, -0.25) is 14.5 Å². The second-order valence-electron chi connectivity index (χ2n) is 7.79. The lowest BCUT2D eigenvalue weighted by molar-refractivity contribution is -0.123. The van der Waals surface area contributed by atoms with Gasteiger partial charge in [0.2, 0.25) is 5.91 Å². The Bertz CT molecular complexity index is 1280. The summed E-state index contributed by atoms with van der Waals surface area (Å²) in [5.41, 5.74) is 1.16. The minimum absolute atomic E-state index is 0.0835. The number of nitrogens with one attached hydrogen (secondary N) is 1. The molecule has 3 aromatic rings. The Morgan fingerprint density at radius 2 is 1.71 bits per heavy atom. The number of halogens is 1. The van der Waals surface area contributed by atoms with Gasteiger partial charge in [-0.05, 0) is 42.0 Å². The van der Waals surface area contributed by atoms with Crippen LogP contribution in [0.5, 0.6) is 17.2 Å². The van der Waals surface area contributed by atoms with E-state index in [9.17, 15) is 9.59 Å². The molecule has 1 N–H and O–H groups in total. The van der Waals surface area contributed by atoms with Crippen LogP contribution < -0.4 is 24.4 Å². The SMILES string of the molecule is O=C(CN1C(=O)/C(=C\c2ccccc2Cl)Oc2ccccc21)NC[C@H]1COc2ccccc2O1. The average molecular weight is 477 g/mol. The normalized spacial score (nSPS) is 17.7. The summed E-state index contributed by atoms with van der Waals surface area (Å²) in [6.45, 7) is 0.389. The van der Waals surface area contributed by atoms with Crippen molar-refractivity contribution in [3.8, 4) is 17.2 Å². The Hall–Kier alpha value is -3.97. The molecule has 0 aromatic heterocycles. The van der Waals surface area contributed by atoms with Crippen LogP contribution in [0.3, 0.4) is 0 Å². The third kappa shape index (κ3) is 4.56. The van der Waals surface area contributed by atoms with E-state index in [4.69, 9.17) is 25.8 Å². The minimum atomic E-state index is -0.431. The number of para-hydroxylation sites is 4. The number of rotatable bonds is 5. The van der Waals surface area contributed by atoms with Crippen LogP contribution in [-0.4, -0.2) is 37.6 Å². The van der Waals surface area contributed by atoms with Crippen molar-refractivity contribution in [3.63, 3.8) is 0 Å². The number of benzene rings is 3. The van der Waals surface area contributed by atoms with Crippen LogP contribution in [0.2, 0.25) is 5.02 Å². The molecule has 1 atom stereocenters. The fourth-order valence-electron chi connectivity index (χ4n) is 3.74. The number of fused-ring (bicyclic) bond motifs is 2. The topological polar surface area (TPSA) is 77.1 Å². The number of ether oxygens (including phenoxy) is 3. The first-order valence-corrected chi connectivity index (χ1v) is 11.2. The molecule has 0 aliphatic carbocycles. The summed E-state index contributed by atoms with van der Waals surface area (Å²) in [7, 11) is 0. The molecule has 0 unspecified atom stereocenters. The maximum absolute atomic E-state index is 13.2. The van der Waals surface area contributed by atoms with Crippen LogP contribution >= 0.6 is 11.6 Å². The second kappa shape index (κ2) is 9.49. The zero-order valence-corrected chi connectivity index (χ0v) is 18.8. The van der Waals surface area contributed by atoms with Gasteiger partial charge in [0.15, 0.2) is 23.0 Å². The molecule has 2 amide bonds. The highest BCUT2D eigenvalue weighted by molar-refractivity contribution is 6.32. The van der Waals surface area contributed by atoms with Gasteiger partial charge in [0, 0.05) is 5.02 Å². The van der Waals surface area contributed by atoms with Crippen molar-refractivity contribution in [2.24, 2.45) is 0 Å². The lowest BCUT2D eigenvalue weighted by Gasteiger charge is -2.30. The molecule has 0 spiro atoms. The third-order valence-corrected chi connectivity index (χ3v) is 5.76. The molecular formula is C26H21ClN2O5. The van der Waals surface area contributed by atoms with Gasteiger partial charge in [0.25, 0.3) is 5.91 Å². The van der Waals surface area contributed by atoms with Crippen molar-refractivity contribution < 1.29 is 23.8 Å². The Balaban J connectivity index is 1.29. The lowest BCUT2D eigenvalue weighted by atomic mass is 10.1. The van der Waals surface area contributed by atoms with Crippen LogP contribution in [0.15, 0.2) is 78.6 Å². The predicted octanol–water partition coefficient (Wildman–Crippen LogP) is 4.06. The summed E-state index contributed by atoms with van der Waals surface area (Å²) in [5, 5.41) is 3.33. The van der Waals surface area contributed by atoms with E-state index in [0.29, 0.717) is 40.1 Å².